The second-order valence-corrected chi connectivity index (χ2v) is 11.4. The highest BCUT2D eigenvalue weighted by Gasteiger charge is 2.38. The maximum atomic E-state index is 14.3. The Balaban J connectivity index is 1.46. The number of aromatic nitrogens is 1. The van der Waals surface area contributed by atoms with Gasteiger partial charge in [-0.05, 0) is 42.5 Å². The summed E-state index contributed by atoms with van der Waals surface area (Å²) >= 11 is 9.26. The third-order valence-electron chi connectivity index (χ3n) is 7.42. The maximum absolute atomic E-state index is 14.3. The molecule has 5 rings (SSSR count). The molecular weight excluding hydrogens is 611 g/mol. The first-order valence-electron chi connectivity index (χ1n) is 13.1. The highest BCUT2D eigenvalue weighted by molar-refractivity contribution is 9.10. The van der Waals surface area contributed by atoms with Crippen LogP contribution in [0.5, 0.6) is 0 Å². The molecule has 40 heavy (non-hydrogen) atoms. The van der Waals surface area contributed by atoms with E-state index in [0.717, 1.165) is 18.9 Å². The molecule has 2 aromatic carbocycles. The molecular formula is C28H28BrClF3N5O2. The number of benzene rings is 2. The number of nitrogens with zero attached hydrogens (tertiary/aromatic N) is 2. The van der Waals surface area contributed by atoms with E-state index in [1.807, 2.05) is 0 Å². The van der Waals surface area contributed by atoms with Crippen LogP contribution < -0.4 is 16.0 Å². The van der Waals surface area contributed by atoms with Crippen LogP contribution in [0.2, 0.25) is 5.02 Å². The molecule has 2 atom stereocenters. The number of carbonyl (C=O) groups is 2. The van der Waals surface area contributed by atoms with Gasteiger partial charge in [0, 0.05) is 65.5 Å². The minimum Gasteiger partial charge on any atom is -0.379 e. The van der Waals surface area contributed by atoms with Crippen molar-refractivity contribution >= 4 is 55.8 Å². The van der Waals surface area contributed by atoms with Crippen molar-refractivity contribution in [1.29, 1.82) is 0 Å². The van der Waals surface area contributed by atoms with Gasteiger partial charge in [0.1, 0.15) is 0 Å². The lowest BCUT2D eigenvalue weighted by Gasteiger charge is -2.35. The number of alkyl halides is 3. The molecule has 2 amide bonds. The molecule has 2 fully saturated rings. The SMILES string of the molecule is O=C(N[C@H]1CCCC[C@H]1Nc1c(C(=O)N2CCNCC2)cc(Br)cc1C(F)(F)F)c1cncc2cc(Cl)ccc12. The zero-order chi connectivity index (χ0) is 28.4. The molecule has 3 aromatic rings. The van der Waals surface area contributed by atoms with Gasteiger partial charge in [0.2, 0.25) is 0 Å². The average Bonchev–Trinajstić information content (AvgIpc) is 2.93. The standard InChI is InChI=1S/C28H28BrClF3N5O2/c29-17-12-20(27(40)38-9-7-34-8-10-38)25(22(13-17)28(31,32)33)36-23-3-1-2-4-24(23)37-26(39)21-15-35-14-16-11-18(30)5-6-19(16)21/h5-6,11-15,23-24,34,36H,1-4,7-10H2,(H,37,39)/t23-,24+/m1/s1. The number of nitrogens with one attached hydrogen (secondary N) is 3. The molecule has 0 spiro atoms. The molecule has 0 bridgehead atoms. The summed E-state index contributed by atoms with van der Waals surface area (Å²) < 4.78 is 43.0. The molecule has 1 saturated carbocycles. The summed E-state index contributed by atoms with van der Waals surface area (Å²) in [5.41, 5.74) is -0.875. The smallest absolute Gasteiger partial charge is 0.379 e. The van der Waals surface area contributed by atoms with Gasteiger partial charge in [-0.2, -0.15) is 13.2 Å². The summed E-state index contributed by atoms with van der Waals surface area (Å²) in [4.78, 5) is 32.6. The van der Waals surface area contributed by atoms with E-state index in [-0.39, 0.29) is 21.6 Å². The van der Waals surface area contributed by atoms with E-state index in [1.165, 1.54) is 12.3 Å². The lowest BCUT2D eigenvalue weighted by atomic mass is 9.89. The van der Waals surface area contributed by atoms with E-state index >= 15 is 0 Å². The van der Waals surface area contributed by atoms with Gasteiger partial charge in [0.15, 0.2) is 0 Å². The van der Waals surface area contributed by atoms with Crippen LogP contribution in [0.1, 0.15) is 52.0 Å². The Morgan fingerprint density at radius 3 is 2.48 bits per heavy atom. The van der Waals surface area contributed by atoms with Crippen LogP contribution >= 0.6 is 27.5 Å². The summed E-state index contributed by atoms with van der Waals surface area (Å²) in [5.74, 6) is -0.837. The average molecular weight is 639 g/mol. The monoisotopic (exact) mass is 637 g/mol. The number of rotatable bonds is 5. The Morgan fingerprint density at radius 1 is 1.02 bits per heavy atom. The lowest BCUT2D eigenvalue weighted by molar-refractivity contribution is -0.137. The molecule has 3 N–H and O–H groups in total. The fourth-order valence-electron chi connectivity index (χ4n) is 5.43. The topological polar surface area (TPSA) is 86.4 Å². The minimum absolute atomic E-state index is 0.0469. The normalized spacial score (nSPS) is 19.9. The number of hydrogen-bond donors (Lipinski definition) is 3. The van der Waals surface area contributed by atoms with Gasteiger partial charge < -0.3 is 20.9 Å². The molecule has 212 valence electrons. The van der Waals surface area contributed by atoms with Gasteiger partial charge >= 0.3 is 6.18 Å². The molecule has 12 heteroatoms. The Bertz CT molecular complexity index is 1430. The Hall–Kier alpha value is -2.89. The molecule has 1 aliphatic carbocycles. The number of piperazine rings is 1. The van der Waals surface area contributed by atoms with Crippen LogP contribution in [0.25, 0.3) is 10.8 Å². The predicted molar refractivity (Wildman–Crippen MR) is 152 cm³/mol. The minimum atomic E-state index is -4.70. The van der Waals surface area contributed by atoms with Crippen molar-refractivity contribution in [2.45, 2.75) is 43.9 Å². The molecule has 1 aliphatic heterocycles. The number of fused-ring (bicyclic) bond motifs is 1. The van der Waals surface area contributed by atoms with Crippen molar-refractivity contribution in [3.8, 4) is 0 Å². The quantitative estimate of drug-likeness (QED) is 0.326. The van der Waals surface area contributed by atoms with E-state index in [4.69, 9.17) is 11.6 Å². The molecule has 2 aliphatic rings. The number of amides is 2. The summed E-state index contributed by atoms with van der Waals surface area (Å²) in [6.07, 6.45) is 1.08. The summed E-state index contributed by atoms with van der Waals surface area (Å²) in [5, 5.41) is 11.1. The summed E-state index contributed by atoms with van der Waals surface area (Å²) in [6, 6.07) is 6.59. The summed E-state index contributed by atoms with van der Waals surface area (Å²) in [6.45, 7) is 1.94. The summed E-state index contributed by atoms with van der Waals surface area (Å²) in [7, 11) is 0. The van der Waals surface area contributed by atoms with Gasteiger partial charge in [-0.3, -0.25) is 14.6 Å². The molecule has 2 heterocycles. The van der Waals surface area contributed by atoms with Gasteiger partial charge in [0.25, 0.3) is 11.8 Å². The number of anilines is 1. The number of pyridine rings is 1. The second kappa shape index (κ2) is 11.9. The van der Waals surface area contributed by atoms with Gasteiger partial charge in [-0.25, -0.2) is 0 Å². The fourth-order valence-corrected chi connectivity index (χ4v) is 6.07. The van der Waals surface area contributed by atoms with Crippen molar-refractivity contribution in [2.75, 3.05) is 31.5 Å². The molecule has 1 aromatic heterocycles. The van der Waals surface area contributed by atoms with Crippen LogP contribution in [0.4, 0.5) is 18.9 Å². The van der Waals surface area contributed by atoms with Crippen molar-refractivity contribution < 1.29 is 22.8 Å². The van der Waals surface area contributed by atoms with Crippen LogP contribution in [-0.2, 0) is 6.18 Å². The van der Waals surface area contributed by atoms with Crippen LogP contribution in [0, 0.1) is 0 Å². The Kier molecular flexibility index (Phi) is 8.53. The van der Waals surface area contributed by atoms with Crippen molar-refractivity contribution in [2.24, 2.45) is 0 Å². The van der Waals surface area contributed by atoms with E-state index in [9.17, 15) is 22.8 Å². The first-order chi connectivity index (χ1) is 19.1. The van der Waals surface area contributed by atoms with Crippen LogP contribution in [0.3, 0.4) is 0 Å². The Morgan fingerprint density at radius 2 is 1.75 bits per heavy atom. The van der Waals surface area contributed by atoms with E-state index in [1.54, 1.807) is 29.3 Å². The van der Waals surface area contributed by atoms with Crippen molar-refractivity contribution in [1.82, 2.24) is 20.5 Å². The first-order valence-corrected chi connectivity index (χ1v) is 14.3. The largest absolute Gasteiger partial charge is 0.418 e. The molecule has 7 nitrogen and oxygen atoms in total. The van der Waals surface area contributed by atoms with E-state index in [0.29, 0.717) is 60.4 Å². The number of halogens is 5. The van der Waals surface area contributed by atoms with E-state index < -0.39 is 29.7 Å². The highest BCUT2D eigenvalue weighted by Crippen LogP contribution is 2.40. The van der Waals surface area contributed by atoms with Crippen molar-refractivity contribution in [3.05, 3.63) is 68.9 Å². The zero-order valence-corrected chi connectivity index (χ0v) is 23.8. The van der Waals surface area contributed by atoms with Gasteiger partial charge in [0.05, 0.1) is 22.4 Å². The van der Waals surface area contributed by atoms with Crippen LogP contribution in [0.15, 0.2) is 47.2 Å². The van der Waals surface area contributed by atoms with Crippen molar-refractivity contribution in [3.63, 3.8) is 0 Å². The number of carbonyl (C=O) groups excluding carboxylic acids is 2. The number of hydrogen-bond acceptors (Lipinski definition) is 5. The van der Waals surface area contributed by atoms with E-state index in [2.05, 4.69) is 36.9 Å². The fraction of sp³-hybridized carbons (Fsp3) is 0.393. The second-order valence-electron chi connectivity index (χ2n) is 10.1. The van der Waals surface area contributed by atoms with Crippen LogP contribution in [-0.4, -0.2) is 60.0 Å². The first kappa shape index (κ1) is 28.6. The van der Waals surface area contributed by atoms with Gasteiger partial charge in [-0.15, -0.1) is 0 Å². The van der Waals surface area contributed by atoms with Gasteiger partial charge in [-0.1, -0.05) is 46.4 Å². The molecule has 0 radical (unpaired) electrons. The predicted octanol–water partition coefficient (Wildman–Crippen LogP) is 5.87. The molecule has 0 unspecified atom stereocenters. The highest BCUT2D eigenvalue weighted by atomic mass is 79.9. The maximum Gasteiger partial charge on any atom is 0.418 e. The Labute approximate surface area is 243 Å². The third-order valence-corrected chi connectivity index (χ3v) is 8.11. The lowest BCUT2D eigenvalue weighted by Crippen LogP contribution is -2.49. The third kappa shape index (κ3) is 6.21. The molecule has 1 saturated heterocycles. The zero-order valence-electron chi connectivity index (χ0n) is 21.5.